The van der Waals surface area contributed by atoms with Crippen LogP contribution < -0.4 is 23.6 Å². The summed E-state index contributed by atoms with van der Waals surface area (Å²) < 4.78 is 46.1. The number of esters is 3. The first-order chi connectivity index (χ1) is 38.7. The number of anilines is 1. The van der Waals surface area contributed by atoms with Crippen molar-refractivity contribution in [3.63, 3.8) is 0 Å². The summed E-state index contributed by atoms with van der Waals surface area (Å²) in [7, 11) is -1.80. The monoisotopic (exact) mass is 1560 g/mol. The molecule has 0 spiro atoms. The number of halogens is 2. The molecule has 0 aliphatic carbocycles. The zero-order chi connectivity index (χ0) is 66.5. The average molecular weight is 1570 g/mol. The fourth-order valence-corrected chi connectivity index (χ4v) is 11.2. The molecule has 1 atom stereocenters. The molecule has 0 aromatic carbocycles. The van der Waals surface area contributed by atoms with Crippen LogP contribution in [0.25, 0.3) is 0 Å². The van der Waals surface area contributed by atoms with E-state index in [0.717, 1.165) is 23.3 Å². The molecule has 88 heavy (non-hydrogen) atoms. The van der Waals surface area contributed by atoms with Crippen molar-refractivity contribution in [2.75, 3.05) is 17.9 Å². The number of rotatable bonds is 14. The molecule has 6 heterocycles. The van der Waals surface area contributed by atoms with Gasteiger partial charge in [0.1, 0.15) is 16.8 Å². The molecule has 17 nitrogen and oxygen atoms in total. The topological polar surface area (TPSA) is 238 Å². The van der Waals surface area contributed by atoms with Crippen molar-refractivity contribution in [1.82, 2.24) is 29.9 Å². The van der Waals surface area contributed by atoms with Crippen molar-refractivity contribution in [1.29, 1.82) is 0 Å². The SMILES string of the molecule is Brc1cncs1.C.CC(C)(C)OC(=O)C(C)(C)c1cncs1.CC(C)(C)OC(=O)Cc1cncs1.CC(C)(CO)c1cncs1.CC(C)(CO[Si](C)(C)C(C)(C)C)c1cnc(NS(=O)[O-])s1.CCC(C)(C)c1cncs1.[AlH3].[CH2-]C(=O)OC(C)(C)C.[H-].[Li+].[Zn+][Br]. The van der Waals surface area contributed by atoms with Gasteiger partial charge in [0.15, 0.2) is 36.8 Å². The number of carbonyl (C=O) groups excluding carboxylic acids is 3. The van der Waals surface area contributed by atoms with E-state index in [9.17, 15) is 23.1 Å². The van der Waals surface area contributed by atoms with Crippen LogP contribution in [0.1, 0.15) is 185 Å². The number of nitrogens with one attached hydrogen (secondary N) is 1. The third-order valence-corrected chi connectivity index (χ3v) is 23.1. The molecular weight excluding hydrogens is 1470 g/mol. The van der Waals surface area contributed by atoms with Crippen LogP contribution in [0.5, 0.6) is 0 Å². The predicted molar refractivity (Wildman–Crippen MR) is 379 cm³/mol. The molecule has 0 bridgehead atoms. The number of nitrogens with zero attached hydrogens (tertiary/aromatic N) is 6. The van der Waals surface area contributed by atoms with Crippen LogP contribution in [-0.2, 0) is 88.7 Å². The number of thiazole rings is 6. The number of carbonyl (C=O) groups is 3. The first-order valence-corrected chi connectivity index (χ1v) is 43.6. The maximum atomic E-state index is 11.9. The van der Waals surface area contributed by atoms with Gasteiger partial charge in [-0.3, -0.25) is 55.2 Å². The normalized spacial score (nSPS) is 11.8. The number of aromatic nitrogens is 6. The van der Waals surface area contributed by atoms with E-state index in [0.29, 0.717) is 23.6 Å². The minimum atomic E-state index is -2.34. The molecule has 6 rings (SSSR count). The summed E-state index contributed by atoms with van der Waals surface area (Å²) in [5.74, 6) is -0.881. The second-order valence-electron chi connectivity index (χ2n) is 25.4. The molecule has 6 aromatic rings. The van der Waals surface area contributed by atoms with Crippen molar-refractivity contribution in [3.05, 3.63) is 99.8 Å². The van der Waals surface area contributed by atoms with E-state index in [4.69, 9.17) is 19.0 Å². The second-order valence-corrected chi connectivity index (χ2v) is 37.8. The van der Waals surface area contributed by atoms with Crippen molar-refractivity contribution in [2.45, 2.75) is 222 Å². The van der Waals surface area contributed by atoms with E-state index in [1.54, 1.807) is 108 Å². The standard InChI is InChI=1S/C13H26N2O3S2Si.C11H17NO2S.C9H13NO2S.C8H13NS.C7H11NOS.C6H11O2.C3H2BrNS.CH4.Al.BrH.Li.Zn.4H/c1-12(2,3)21(6,7)18-9-13(4,5)10-8-14-11(19-10)15-20(16)17;1-10(2,3)14-9(13)11(4,5)8-6-12-7-15-8;1-9(2,3)12-8(11)4-7-5-10-6-13-7;1-4-8(2,3)7-5-9-6-10-7;1-7(2,4-9)6-3-8-5-10-6;1-5(7)8-6(2,3)4;4-3-1-5-2-6-3;;;;;;;;;/h8H,9H2,1-7H3,(H,14,15)(H,16,17);6-7H,1-5H3;5-6H,4H2,1-3H3;5-6H,4H2,1-3H3;3,5,9H,4H2,1-2H3;1H2,2-4H3;1-2H;1H4;;1H;;;;;;/q;;;;;-1;;;;;+1;+2;;;;-1/p-2. The number of hydrogen-bond donors (Lipinski definition) is 2. The molecule has 0 saturated heterocycles. The number of aliphatic hydroxyl groups excluding tert-OH is 1. The Hall–Kier alpha value is -1.18. The van der Waals surface area contributed by atoms with E-state index in [1.165, 1.54) is 61.7 Å². The van der Waals surface area contributed by atoms with Gasteiger partial charge >= 0.3 is 60.8 Å². The predicted octanol–water partition coefficient (Wildman–Crippen LogP) is 13.2. The van der Waals surface area contributed by atoms with E-state index >= 15 is 0 Å². The summed E-state index contributed by atoms with van der Waals surface area (Å²) in [4.78, 5) is 62.5. The Kier molecular flexibility index (Phi) is 48.3. The van der Waals surface area contributed by atoms with Crippen molar-refractivity contribution in [2.24, 2.45) is 0 Å². The first-order valence-electron chi connectivity index (χ1n) is 26.6. The molecule has 0 radical (unpaired) electrons. The van der Waals surface area contributed by atoms with Gasteiger partial charge in [0.05, 0.1) is 56.0 Å². The van der Waals surface area contributed by atoms with Crippen LogP contribution in [0.2, 0.25) is 18.1 Å². The Balaban J connectivity index is -0.000000229. The van der Waals surface area contributed by atoms with Gasteiger partial charge in [-0.15, -0.1) is 68.0 Å². The van der Waals surface area contributed by atoms with E-state index in [-0.39, 0.29) is 79.5 Å². The van der Waals surface area contributed by atoms with Crippen LogP contribution in [0.15, 0.2) is 68.5 Å². The Labute approximate surface area is 604 Å². The second kappa shape index (κ2) is 44.5. The molecular formula is C58H100AlBr2LiN7O10S7SiZn-. The zero-order valence-corrected chi connectivity index (χ0v) is 67.9. The van der Waals surface area contributed by atoms with Crippen LogP contribution in [0, 0.1) is 6.92 Å². The molecule has 0 fully saturated rings. The summed E-state index contributed by atoms with van der Waals surface area (Å²) in [5, 5.41) is 9.50. The third-order valence-electron chi connectivity index (χ3n) is 11.4. The molecule has 2 N–H and O–H groups in total. The Bertz CT molecular complexity index is 2720. The van der Waals surface area contributed by atoms with E-state index in [2.05, 4.69) is 144 Å². The van der Waals surface area contributed by atoms with E-state index < -0.39 is 47.8 Å². The summed E-state index contributed by atoms with van der Waals surface area (Å²) in [6.07, 6.45) is 12.2. The molecule has 0 saturated carbocycles. The van der Waals surface area contributed by atoms with Gasteiger partial charge in [0, 0.05) is 89.5 Å². The fourth-order valence-electron chi connectivity index (χ4n) is 5.13. The van der Waals surface area contributed by atoms with Crippen LogP contribution in [0.4, 0.5) is 5.13 Å². The maximum absolute atomic E-state index is 11.9. The summed E-state index contributed by atoms with van der Waals surface area (Å²) in [6.45, 7) is 50.1. The molecule has 6 aromatic heterocycles. The van der Waals surface area contributed by atoms with Gasteiger partial charge in [0.25, 0.3) is 0 Å². The molecule has 0 amide bonds. The van der Waals surface area contributed by atoms with E-state index in [1.807, 2.05) is 80.9 Å². The zero-order valence-electron chi connectivity index (χ0n) is 56.0. The Morgan fingerprint density at radius 1 is 0.659 bits per heavy atom. The van der Waals surface area contributed by atoms with Crippen LogP contribution in [0.3, 0.4) is 0 Å². The quantitative estimate of drug-likeness (QED) is 0.0339. The van der Waals surface area contributed by atoms with Gasteiger partial charge in [0.2, 0.25) is 0 Å². The van der Waals surface area contributed by atoms with Gasteiger partial charge in [-0.2, -0.15) is 0 Å². The molecule has 494 valence electrons. The average Bonchev–Trinajstić information content (AvgIpc) is 4.21. The van der Waals surface area contributed by atoms with Crippen molar-refractivity contribution < 1.29 is 83.5 Å². The van der Waals surface area contributed by atoms with Gasteiger partial charge in [-0.1, -0.05) is 76.7 Å². The third kappa shape index (κ3) is 42.9. The summed E-state index contributed by atoms with van der Waals surface area (Å²) in [5.41, 5.74) is 7.04. The Morgan fingerprint density at radius 2 is 1.08 bits per heavy atom. The van der Waals surface area contributed by atoms with Gasteiger partial charge in [-0.25, -0.2) is 4.98 Å². The molecule has 30 heteroatoms. The van der Waals surface area contributed by atoms with Gasteiger partial charge in [-0.05, 0) is 117 Å². The molecule has 1 unspecified atom stereocenters. The first kappa shape index (κ1) is 95.5. The number of aliphatic hydroxyl groups is 1. The summed E-state index contributed by atoms with van der Waals surface area (Å²) in [6, 6.07) is 0. The van der Waals surface area contributed by atoms with Crippen LogP contribution >= 0.6 is 97.6 Å². The number of hydrogen-bond acceptors (Lipinski definition) is 22. The van der Waals surface area contributed by atoms with Crippen molar-refractivity contribution >= 4 is 158 Å². The molecule has 0 aliphatic heterocycles. The Morgan fingerprint density at radius 3 is 1.40 bits per heavy atom. The fraction of sp³-hybridized carbons (Fsp3) is 0.621. The van der Waals surface area contributed by atoms with Crippen molar-refractivity contribution in [3.8, 4) is 0 Å². The number of ether oxygens (including phenoxy) is 3. The molecule has 0 aliphatic rings. The minimum absolute atomic E-state index is 0. The van der Waals surface area contributed by atoms with Gasteiger partial charge < -0.3 is 29.7 Å². The van der Waals surface area contributed by atoms with Crippen LogP contribution in [-0.4, -0.2) is 117 Å². The summed E-state index contributed by atoms with van der Waals surface area (Å²) >= 11 is 14.3.